The normalized spacial score (nSPS) is 11.1. The summed E-state index contributed by atoms with van der Waals surface area (Å²) >= 11 is 0. The Kier molecular flexibility index (Phi) is 5.86. The summed E-state index contributed by atoms with van der Waals surface area (Å²) in [5, 5.41) is 0. The first kappa shape index (κ1) is 13.9. The Hall–Kier alpha value is -1.20. The van der Waals surface area contributed by atoms with Crippen molar-refractivity contribution in [1.29, 1.82) is 0 Å². The molecule has 0 N–H and O–H groups in total. The third kappa shape index (κ3) is 4.66. The summed E-state index contributed by atoms with van der Waals surface area (Å²) in [6, 6.07) is 1.52. The van der Waals surface area contributed by atoms with Crippen LogP contribution in [-0.2, 0) is 16.0 Å². The Labute approximate surface area is 101 Å². The van der Waals surface area contributed by atoms with Gasteiger partial charge in [-0.05, 0) is 20.8 Å². The zero-order valence-corrected chi connectivity index (χ0v) is 10.7. The lowest BCUT2D eigenvalue weighted by atomic mass is 10.4. The molecule has 1 aromatic heterocycles. The Morgan fingerprint density at radius 1 is 1.35 bits per heavy atom. The van der Waals surface area contributed by atoms with E-state index in [0.29, 0.717) is 26.2 Å². The van der Waals surface area contributed by atoms with Gasteiger partial charge in [0.05, 0.1) is 6.33 Å². The van der Waals surface area contributed by atoms with E-state index in [0.717, 1.165) is 5.69 Å². The predicted octanol–water partition coefficient (Wildman–Crippen LogP) is 1.34. The molecule has 0 aliphatic heterocycles. The van der Waals surface area contributed by atoms with Crippen molar-refractivity contribution >= 4 is 0 Å². The lowest BCUT2D eigenvalue weighted by Crippen LogP contribution is -2.25. The van der Waals surface area contributed by atoms with Gasteiger partial charge in [0.25, 0.3) is 5.56 Å². The number of ether oxygens (including phenoxy) is 2. The molecule has 17 heavy (non-hydrogen) atoms. The van der Waals surface area contributed by atoms with E-state index >= 15 is 0 Å². The number of hydrogen-bond donors (Lipinski definition) is 0. The van der Waals surface area contributed by atoms with E-state index in [2.05, 4.69) is 4.98 Å². The molecule has 0 aromatic carbocycles. The van der Waals surface area contributed by atoms with Crippen LogP contribution < -0.4 is 5.56 Å². The lowest BCUT2D eigenvalue weighted by Gasteiger charge is -2.17. The van der Waals surface area contributed by atoms with Crippen LogP contribution in [-0.4, -0.2) is 29.1 Å². The molecule has 0 aliphatic rings. The maximum atomic E-state index is 11.6. The average molecular weight is 240 g/mol. The molecule has 0 radical (unpaired) electrons. The summed E-state index contributed by atoms with van der Waals surface area (Å²) in [4.78, 5) is 15.7. The number of aryl methyl sites for hydroxylation is 2. The summed E-state index contributed by atoms with van der Waals surface area (Å²) < 4.78 is 12.4. The van der Waals surface area contributed by atoms with Gasteiger partial charge in [0.15, 0.2) is 6.29 Å². The Morgan fingerprint density at radius 2 is 2.00 bits per heavy atom. The van der Waals surface area contributed by atoms with Crippen molar-refractivity contribution in [3.63, 3.8) is 0 Å². The van der Waals surface area contributed by atoms with Crippen LogP contribution in [0.1, 0.15) is 26.0 Å². The van der Waals surface area contributed by atoms with Gasteiger partial charge in [-0.2, -0.15) is 0 Å². The highest BCUT2D eigenvalue weighted by Gasteiger charge is 2.08. The van der Waals surface area contributed by atoms with Crippen LogP contribution >= 0.6 is 0 Å². The van der Waals surface area contributed by atoms with Crippen molar-refractivity contribution in [2.75, 3.05) is 13.2 Å². The minimum absolute atomic E-state index is 0.0377. The molecule has 0 spiro atoms. The topological polar surface area (TPSA) is 53.4 Å². The summed E-state index contributed by atoms with van der Waals surface area (Å²) in [6.45, 7) is 7.40. The Balaban J connectivity index is 2.55. The lowest BCUT2D eigenvalue weighted by molar-refractivity contribution is -0.141. The van der Waals surface area contributed by atoms with Crippen LogP contribution in [0.5, 0.6) is 0 Å². The molecular formula is C12H20N2O3. The van der Waals surface area contributed by atoms with Crippen molar-refractivity contribution in [3.8, 4) is 0 Å². The molecule has 1 aromatic rings. The van der Waals surface area contributed by atoms with Crippen molar-refractivity contribution < 1.29 is 9.47 Å². The van der Waals surface area contributed by atoms with Crippen LogP contribution in [0.3, 0.4) is 0 Å². The highest BCUT2D eigenvalue weighted by atomic mass is 16.7. The van der Waals surface area contributed by atoms with Gasteiger partial charge in [0, 0.05) is 37.9 Å². The first-order valence-electron chi connectivity index (χ1n) is 5.93. The maximum Gasteiger partial charge on any atom is 0.253 e. The Bertz CT molecular complexity index is 384. The summed E-state index contributed by atoms with van der Waals surface area (Å²) in [7, 11) is 0. The van der Waals surface area contributed by atoms with Crippen molar-refractivity contribution in [2.24, 2.45) is 0 Å². The number of rotatable bonds is 7. The summed E-state index contributed by atoms with van der Waals surface area (Å²) in [6.07, 6.45) is 1.96. The standard InChI is InChI=1S/C12H20N2O3/c1-4-16-12(17-5-2)6-7-14-9-13-10(3)8-11(14)15/h8-9,12H,4-7H2,1-3H3. The molecule has 1 rings (SSSR count). The summed E-state index contributed by atoms with van der Waals surface area (Å²) in [5.74, 6) is 0. The fourth-order valence-electron chi connectivity index (χ4n) is 1.52. The smallest absolute Gasteiger partial charge is 0.253 e. The third-order valence-corrected chi connectivity index (χ3v) is 2.33. The minimum Gasteiger partial charge on any atom is -0.353 e. The van der Waals surface area contributed by atoms with Crippen molar-refractivity contribution in [3.05, 3.63) is 28.4 Å². The zero-order valence-electron chi connectivity index (χ0n) is 10.7. The molecule has 0 saturated carbocycles. The largest absolute Gasteiger partial charge is 0.353 e. The highest BCUT2D eigenvalue weighted by molar-refractivity contribution is 4.95. The van der Waals surface area contributed by atoms with Crippen LogP contribution in [0, 0.1) is 6.92 Å². The van der Waals surface area contributed by atoms with E-state index in [-0.39, 0.29) is 11.8 Å². The third-order valence-electron chi connectivity index (χ3n) is 2.33. The molecule has 5 nitrogen and oxygen atoms in total. The van der Waals surface area contributed by atoms with E-state index in [1.807, 2.05) is 13.8 Å². The monoisotopic (exact) mass is 240 g/mol. The molecule has 0 atom stereocenters. The van der Waals surface area contributed by atoms with Crippen molar-refractivity contribution in [2.45, 2.75) is 40.0 Å². The fourth-order valence-corrected chi connectivity index (χ4v) is 1.52. The molecule has 1 heterocycles. The molecule has 0 aliphatic carbocycles. The van der Waals surface area contributed by atoms with E-state index in [9.17, 15) is 4.79 Å². The van der Waals surface area contributed by atoms with E-state index in [1.165, 1.54) is 6.07 Å². The molecule has 5 heteroatoms. The molecule has 96 valence electrons. The van der Waals surface area contributed by atoms with Crippen LogP contribution in [0.15, 0.2) is 17.2 Å². The SMILES string of the molecule is CCOC(CCn1cnc(C)cc1=O)OCC. The first-order valence-corrected chi connectivity index (χ1v) is 5.93. The molecule has 0 bridgehead atoms. The number of nitrogens with zero attached hydrogens (tertiary/aromatic N) is 2. The molecular weight excluding hydrogens is 220 g/mol. The predicted molar refractivity (Wildman–Crippen MR) is 64.9 cm³/mol. The van der Waals surface area contributed by atoms with E-state index < -0.39 is 0 Å². The van der Waals surface area contributed by atoms with Gasteiger partial charge in [-0.25, -0.2) is 4.98 Å². The minimum atomic E-state index is -0.252. The van der Waals surface area contributed by atoms with Crippen LogP contribution in [0.4, 0.5) is 0 Å². The van der Waals surface area contributed by atoms with Gasteiger partial charge in [0.2, 0.25) is 0 Å². The van der Waals surface area contributed by atoms with Gasteiger partial charge >= 0.3 is 0 Å². The van der Waals surface area contributed by atoms with Crippen molar-refractivity contribution in [1.82, 2.24) is 9.55 Å². The summed E-state index contributed by atoms with van der Waals surface area (Å²) in [5.41, 5.74) is 0.696. The van der Waals surface area contributed by atoms with Gasteiger partial charge < -0.3 is 9.47 Å². The zero-order chi connectivity index (χ0) is 12.7. The molecule has 0 fully saturated rings. The second-order valence-corrected chi connectivity index (χ2v) is 3.69. The number of hydrogen-bond acceptors (Lipinski definition) is 4. The number of aromatic nitrogens is 2. The van der Waals surface area contributed by atoms with Gasteiger partial charge in [0.1, 0.15) is 0 Å². The Morgan fingerprint density at radius 3 is 2.53 bits per heavy atom. The molecule has 0 saturated heterocycles. The molecule has 0 amide bonds. The second-order valence-electron chi connectivity index (χ2n) is 3.69. The highest BCUT2D eigenvalue weighted by Crippen LogP contribution is 2.02. The second kappa shape index (κ2) is 7.19. The van der Waals surface area contributed by atoms with Gasteiger partial charge in [-0.1, -0.05) is 0 Å². The molecule has 0 unspecified atom stereocenters. The van der Waals surface area contributed by atoms with E-state index in [1.54, 1.807) is 17.8 Å². The van der Waals surface area contributed by atoms with Gasteiger partial charge in [-0.3, -0.25) is 9.36 Å². The average Bonchev–Trinajstić information content (AvgIpc) is 2.28. The van der Waals surface area contributed by atoms with Crippen LogP contribution in [0.25, 0.3) is 0 Å². The fraction of sp³-hybridized carbons (Fsp3) is 0.667. The van der Waals surface area contributed by atoms with Gasteiger partial charge in [-0.15, -0.1) is 0 Å². The first-order chi connectivity index (χ1) is 8.17. The van der Waals surface area contributed by atoms with Crippen LogP contribution in [0.2, 0.25) is 0 Å². The quantitative estimate of drug-likeness (QED) is 0.675. The maximum absolute atomic E-state index is 11.6. The van der Waals surface area contributed by atoms with E-state index in [4.69, 9.17) is 9.47 Å².